The highest BCUT2D eigenvalue weighted by atomic mass is 19.1. The Morgan fingerprint density at radius 2 is 1.77 bits per heavy atom. The maximum absolute atomic E-state index is 14.2. The molecule has 0 aliphatic heterocycles. The van der Waals surface area contributed by atoms with Crippen molar-refractivity contribution in [3.63, 3.8) is 0 Å². The number of nitrogens with one attached hydrogen (secondary N) is 1. The highest BCUT2D eigenvalue weighted by molar-refractivity contribution is 5.85. The highest BCUT2D eigenvalue weighted by Crippen LogP contribution is 2.28. The van der Waals surface area contributed by atoms with Crippen molar-refractivity contribution in [1.29, 1.82) is 5.26 Å². The molecule has 0 bridgehead atoms. The molecular formula is C24H27FN4O2. The number of ether oxygens (including phenoxy) is 1. The molecule has 1 aromatic heterocycles. The molecule has 0 radical (unpaired) electrons. The number of carbonyl (C=O) groups is 1. The average molecular weight is 423 g/mol. The van der Waals surface area contributed by atoms with Gasteiger partial charge < -0.3 is 4.74 Å². The molecule has 2 aromatic carbocycles. The van der Waals surface area contributed by atoms with Gasteiger partial charge in [0.1, 0.15) is 17.5 Å². The molecule has 0 fully saturated rings. The lowest BCUT2D eigenvalue weighted by Gasteiger charge is -2.19. The number of nitrogens with zero attached hydrogens (tertiary/aromatic N) is 3. The van der Waals surface area contributed by atoms with E-state index in [-0.39, 0.29) is 11.4 Å². The van der Waals surface area contributed by atoms with Gasteiger partial charge in [0.2, 0.25) is 0 Å². The van der Waals surface area contributed by atoms with Gasteiger partial charge in [-0.05, 0) is 52.0 Å². The van der Waals surface area contributed by atoms with E-state index in [0.717, 1.165) is 11.3 Å². The molecule has 0 spiro atoms. The predicted molar refractivity (Wildman–Crippen MR) is 120 cm³/mol. The summed E-state index contributed by atoms with van der Waals surface area (Å²) in [6, 6.07) is 15.4. The zero-order valence-electron chi connectivity index (χ0n) is 18.7. The summed E-state index contributed by atoms with van der Waals surface area (Å²) in [5.74, 6) is -0.358. The average Bonchev–Trinajstić information content (AvgIpc) is 3.12. The van der Waals surface area contributed by atoms with Crippen LogP contribution in [0.5, 0.6) is 0 Å². The van der Waals surface area contributed by atoms with Crippen LogP contribution >= 0.6 is 0 Å². The predicted octanol–water partition coefficient (Wildman–Crippen LogP) is 6.23. The monoisotopic (exact) mass is 422 g/mol. The Labute approximate surface area is 182 Å². The zero-order valence-corrected chi connectivity index (χ0v) is 18.7. The van der Waals surface area contributed by atoms with Crippen LogP contribution in [0, 0.1) is 24.1 Å². The van der Waals surface area contributed by atoms with E-state index in [1.165, 1.54) is 12.1 Å². The van der Waals surface area contributed by atoms with Gasteiger partial charge in [0.05, 0.1) is 16.9 Å². The molecule has 0 aliphatic carbocycles. The fourth-order valence-electron chi connectivity index (χ4n) is 2.70. The summed E-state index contributed by atoms with van der Waals surface area (Å²) >= 11 is 0. The van der Waals surface area contributed by atoms with Gasteiger partial charge in [0.15, 0.2) is 5.82 Å². The van der Waals surface area contributed by atoms with E-state index < -0.39 is 17.5 Å². The Morgan fingerprint density at radius 1 is 1.13 bits per heavy atom. The Morgan fingerprint density at radius 3 is 2.32 bits per heavy atom. The van der Waals surface area contributed by atoms with Crippen LogP contribution in [0.4, 0.5) is 15.0 Å². The minimum atomic E-state index is -0.650. The second-order valence-electron chi connectivity index (χ2n) is 7.60. The number of halogens is 1. The van der Waals surface area contributed by atoms with Gasteiger partial charge in [0.25, 0.3) is 0 Å². The van der Waals surface area contributed by atoms with Gasteiger partial charge in [0, 0.05) is 11.6 Å². The molecule has 0 unspecified atom stereocenters. The first-order chi connectivity index (χ1) is 14.7. The molecule has 3 aromatic rings. The molecule has 0 saturated carbocycles. The summed E-state index contributed by atoms with van der Waals surface area (Å²) in [5.41, 5.74) is 2.21. The topological polar surface area (TPSA) is 79.9 Å². The molecule has 0 atom stereocenters. The van der Waals surface area contributed by atoms with Crippen LogP contribution in [0.2, 0.25) is 0 Å². The van der Waals surface area contributed by atoms with Gasteiger partial charge in [-0.3, -0.25) is 5.32 Å². The third-order valence-electron chi connectivity index (χ3n) is 4.00. The fourth-order valence-corrected chi connectivity index (χ4v) is 2.70. The van der Waals surface area contributed by atoms with Crippen LogP contribution in [0.25, 0.3) is 16.9 Å². The molecule has 1 N–H and O–H groups in total. The van der Waals surface area contributed by atoms with Crippen molar-refractivity contribution in [2.24, 2.45) is 0 Å². The second kappa shape index (κ2) is 9.90. The van der Waals surface area contributed by atoms with Crippen LogP contribution in [-0.4, -0.2) is 21.5 Å². The molecule has 162 valence electrons. The first-order valence-corrected chi connectivity index (χ1v) is 10.0. The Kier molecular flexibility index (Phi) is 7.54. The van der Waals surface area contributed by atoms with E-state index in [0.29, 0.717) is 11.3 Å². The minimum Gasteiger partial charge on any atom is -0.444 e. The van der Waals surface area contributed by atoms with E-state index >= 15 is 0 Å². The van der Waals surface area contributed by atoms with Crippen molar-refractivity contribution in [1.82, 2.24) is 9.78 Å². The largest absolute Gasteiger partial charge is 0.444 e. The van der Waals surface area contributed by atoms with E-state index in [4.69, 9.17) is 10.00 Å². The summed E-state index contributed by atoms with van der Waals surface area (Å²) in [6.45, 7) is 11.3. The first kappa shape index (κ1) is 23.6. The Hall–Kier alpha value is -3.66. The lowest BCUT2D eigenvalue weighted by atomic mass is 10.1. The summed E-state index contributed by atoms with van der Waals surface area (Å²) < 4.78 is 21.1. The number of aryl methyl sites for hydroxylation is 1. The minimum absolute atomic E-state index is 0.0396. The van der Waals surface area contributed by atoms with Gasteiger partial charge in [-0.1, -0.05) is 37.6 Å². The summed E-state index contributed by atoms with van der Waals surface area (Å²) in [4.78, 5) is 12.1. The summed E-state index contributed by atoms with van der Waals surface area (Å²) in [6.07, 6.45) is -0.636. The molecule has 1 amide bonds. The van der Waals surface area contributed by atoms with Gasteiger partial charge in [-0.25, -0.2) is 13.9 Å². The van der Waals surface area contributed by atoms with E-state index in [1.54, 1.807) is 37.6 Å². The van der Waals surface area contributed by atoms with Crippen molar-refractivity contribution < 1.29 is 13.9 Å². The lowest BCUT2D eigenvalue weighted by molar-refractivity contribution is 0.0635. The van der Waals surface area contributed by atoms with Crippen molar-refractivity contribution >= 4 is 11.9 Å². The number of hydrogen-bond acceptors (Lipinski definition) is 4. The first-order valence-electron chi connectivity index (χ1n) is 10.0. The van der Waals surface area contributed by atoms with Gasteiger partial charge in [-0.15, -0.1) is 5.10 Å². The van der Waals surface area contributed by atoms with Gasteiger partial charge >= 0.3 is 6.09 Å². The smallest absolute Gasteiger partial charge is 0.413 e. The molecule has 7 heteroatoms. The van der Waals surface area contributed by atoms with Crippen LogP contribution in [0.15, 0.2) is 48.5 Å². The Balaban J connectivity index is 0.00000166. The van der Waals surface area contributed by atoms with Crippen molar-refractivity contribution in [2.75, 3.05) is 5.32 Å². The van der Waals surface area contributed by atoms with Crippen molar-refractivity contribution in [3.8, 4) is 23.0 Å². The molecule has 3 rings (SSSR count). The molecule has 0 aliphatic rings. The SMILES string of the molecule is CC.Cc1ccc(-n2nc(NC(=O)OC(C)(C)C)cc2-c2ccc(C#N)c(F)c2)cc1. The molecule has 1 heterocycles. The van der Waals surface area contributed by atoms with Crippen LogP contribution in [0.1, 0.15) is 45.7 Å². The van der Waals surface area contributed by atoms with E-state index in [2.05, 4.69) is 10.4 Å². The number of carbonyl (C=O) groups excluding carboxylic acids is 1. The molecule has 31 heavy (non-hydrogen) atoms. The third kappa shape index (κ3) is 6.16. The normalized spacial score (nSPS) is 10.5. The summed E-state index contributed by atoms with van der Waals surface area (Å²) in [5, 5.41) is 16.0. The van der Waals surface area contributed by atoms with Crippen LogP contribution in [-0.2, 0) is 4.74 Å². The fraction of sp³-hybridized carbons (Fsp3) is 0.292. The number of benzene rings is 2. The lowest BCUT2D eigenvalue weighted by Crippen LogP contribution is -2.27. The number of amides is 1. The maximum Gasteiger partial charge on any atom is 0.413 e. The third-order valence-corrected chi connectivity index (χ3v) is 4.00. The van der Waals surface area contributed by atoms with Crippen LogP contribution in [0.3, 0.4) is 0 Å². The molecule has 0 saturated heterocycles. The van der Waals surface area contributed by atoms with Gasteiger partial charge in [-0.2, -0.15) is 5.26 Å². The number of rotatable bonds is 3. The van der Waals surface area contributed by atoms with Crippen molar-refractivity contribution in [2.45, 2.75) is 47.1 Å². The standard InChI is InChI=1S/C22H21FN4O2.C2H6/c1-14-5-9-17(10-6-14)27-19(15-7-8-16(13-24)18(23)11-15)12-20(26-27)25-21(28)29-22(2,3)4;1-2/h5-12H,1-4H3,(H,25,26,28);1-2H3. The molecule has 6 nitrogen and oxygen atoms in total. The number of anilines is 1. The highest BCUT2D eigenvalue weighted by Gasteiger charge is 2.19. The van der Waals surface area contributed by atoms with Crippen LogP contribution < -0.4 is 5.32 Å². The van der Waals surface area contributed by atoms with E-state index in [1.807, 2.05) is 51.1 Å². The molecular weight excluding hydrogens is 395 g/mol. The second-order valence-corrected chi connectivity index (χ2v) is 7.60. The number of aromatic nitrogens is 2. The number of nitriles is 1. The van der Waals surface area contributed by atoms with Crippen molar-refractivity contribution in [3.05, 3.63) is 65.5 Å². The quantitative estimate of drug-likeness (QED) is 0.542. The summed E-state index contributed by atoms with van der Waals surface area (Å²) in [7, 11) is 0. The van der Waals surface area contributed by atoms with E-state index in [9.17, 15) is 9.18 Å². The zero-order chi connectivity index (χ0) is 23.2. The number of hydrogen-bond donors (Lipinski definition) is 1. The Bertz CT molecular complexity index is 1090. The maximum atomic E-state index is 14.2.